The number of hydrogen-bond donors (Lipinski definition) is 1. The van der Waals surface area contributed by atoms with Crippen molar-refractivity contribution in [2.45, 2.75) is 39.2 Å². The smallest absolute Gasteiger partial charge is 0.264 e. The van der Waals surface area contributed by atoms with Crippen molar-refractivity contribution in [3.8, 4) is 11.5 Å². The normalized spacial score (nSPS) is 11.4. The van der Waals surface area contributed by atoms with Crippen molar-refractivity contribution in [3.05, 3.63) is 117 Å². The number of amides is 1. The fourth-order valence-electron chi connectivity index (χ4n) is 4.39. The number of aryl methyl sites for hydroxylation is 4. The Balaban J connectivity index is 1.50. The zero-order valence-corrected chi connectivity index (χ0v) is 27.1. The molecule has 0 unspecified atom stereocenters. The van der Waals surface area contributed by atoms with Crippen LogP contribution in [0.15, 0.2) is 93.3 Å². The molecule has 1 amide bonds. The second-order valence-electron chi connectivity index (χ2n) is 10.3. The van der Waals surface area contributed by atoms with Crippen LogP contribution in [0.3, 0.4) is 0 Å². The average Bonchev–Trinajstić information content (AvgIpc) is 2.95. The molecule has 0 aliphatic heterocycles. The van der Waals surface area contributed by atoms with Gasteiger partial charge in [0.25, 0.3) is 15.9 Å². The molecule has 0 radical (unpaired) electrons. The lowest BCUT2D eigenvalue weighted by atomic mass is 10.1. The molecule has 4 aromatic rings. The molecule has 0 aromatic heterocycles. The van der Waals surface area contributed by atoms with E-state index in [1.54, 1.807) is 43.5 Å². The molecule has 0 heterocycles. The van der Waals surface area contributed by atoms with Gasteiger partial charge in [-0.3, -0.25) is 9.10 Å². The Hall–Kier alpha value is -4.15. The monoisotopic (exact) mass is 663 g/mol. The summed E-state index contributed by atoms with van der Waals surface area (Å²) in [5, 5.41) is 4.07. The van der Waals surface area contributed by atoms with Crippen molar-refractivity contribution in [3.63, 3.8) is 0 Å². The number of ether oxygens (including phenoxy) is 2. The van der Waals surface area contributed by atoms with Crippen molar-refractivity contribution >= 4 is 43.8 Å². The first-order chi connectivity index (χ1) is 20.5. The highest BCUT2D eigenvalue weighted by Crippen LogP contribution is 2.37. The molecule has 0 aliphatic rings. The van der Waals surface area contributed by atoms with Gasteiger partial charge < -0.3 is 9.47 Å². The SMILES string of the molecule is COc1cc(/C=N\NC(=O)CN(c2cc(C)cc(C)c2)S(=O)(=O)c2ccc(C)cc2)cc(Br)c1OCc1ccc(C)cc1. The van der Waals surface area contributed by atoms with Gasteiger partial charge in [-0.05, 0) is 102 Å². The molecular formula is C33H34BrN3O5S. The number of hydrogen-bond acceptors (Lipinski definition) is 6. The van der Waals surface area contributed by atoms with Gasteiger partial charge in [-0.25, -0.2) is 13.8 Å². The van der Waals surface area contributed by atoms with E-state index in [0.717, 1.165) is 26.6 Å². The van der Waals surface area contributed by atoms with E-state index in [0.29, 0.717) is 33.8 Å². The number of nitrogens with one attached hydrogen (secondary N) is 1. The average molecular weight is 665 g/mol. The molecule has 0 bridgehead atoms. The lowest BCUT2D eigenvalue weighted by Gasteiger charge is -2.24. The molecule has 0 aliphatic carbocycles. The van der Waals surface area contributed by atoms with Crippen LogP contribution in [-0.2, 0) is 21.4 Å². The standard InChI is InChI=1S/C33H34BrN3O5S/c1-22-6-10-26(11-7-22)21-42-33-30(34)17-27(18-31(33)41-5)19-35-36-32(38)20-37(28-15-24(3)14-25(4)16-28)43(39,40)29-12-8-23(2)9-13-29/h6-19H,20-21H2,1-5H3,(H,36,38)/b35-19-. The Morgan fingerprint density at radius 2 is 1.49 bits per heavy atom. The molecule has 4 aromatic carbocycles. The molecule has 8 nitrogen and oxygen atoms in total. The summed E-state index contributed by atoms with van der Waals surface area (Å²) in [4.78, 5) is 13.1. The van der Waals surface area contributed by atoms with Gasteiger partial charge >= 0.3 is 0 Å². The predicted molar refractivity (Wildman–Crippen MR) is 174 cm³/mol. The number of hydrazone groups is 1. The molecule has 43 heavy (non-hydrogen) atoms. The van der Waals surface area contributed by atoms with E-state index in [9.17, 15) is 13.2 Å². The van der Waals surface area contributed by atoms with Crippen molar-refractivity contribution < 1.29 is 22.7 Å². The number of benzene rings is 4. The fraction of sp³-hybridized carbons (Fsp3) is 0.212. The van der Waals surface area contributed by atoms with Crippen LogP contribution in [0, 0.1) is 27.7 Å². The number of rotatable bonds is 11. The molecule has 10 heteroatoms. The minimum absolute atomic E-state index is 0.0928. The number of halogens is 1. The van der Waals surface area contributed by atoms with E-state index in [1.807, 2.05) is 58.0 Å². The van der Waals surface area contributed by atoms with Crippen LogP contribution in [0.4, 0.5) is 5.69 Å². The van der Waals surface area contributed by atoms with E-state index < -0.39 is 22.5 Å². The van der Waals surface area contributed by atoms with Gasteiger partial charge in [0.15, 0.2) is 11.5 Å². The van der Waals surface area contributed by atoms with Gasteiger partial charge in [0.1, 0.15) is 13.2 Å². The second kappa shape index (κ2) is 13.9. The highest BCUT2D eigenvalue weighted by atomic mass is 79.9. The summed E-state index contributed by atoms with van der Waals surface area (Å²) >= 11 is 3.54. The zero-order chi connectivity index (χ0) is 31.1. The van der Waals surface area contributed by atoms with Gasteiger partial charge in [0, 0.05) is 0 Å². The first-order valence-electron chi connectivity index (χ1n) is 13.5. The Morgan fingerprint density at radius 3 is 2.09 bits per heavy atom. The molecular weight excluding hydrogens is 630 g/mol. The Kier molecular flexibility index (Phi) is 10.3. The van der Waals surface area contributed by atoms with Gasteiger partial charge in [-0.15, -0.1) is 0 Å². The third kappa shape index (κ3) is 8.24. The van der Waals surface area contributed by atoms with Crippen molar-refractivity contribution in [1.82, 2.24) is 5.43 Å². The summed E-state index contributed by atoms with van der Waals surface area (Å²) in [6, 6.07) is 23.5. The van der Waals surface area contributed by atoms with Crippen molar-refractivity contribution in [2.24, 2.45) is 5.10 Å². The maximum absolute atomic E-state index is 13.7. The highest BCUT2D eigenvalue weighted by molar-refractivity contribution is 9.10. The summed E-state index contributed by atoms with van der Waals surface area (Å²) < 4.78 is 40.6. The number of anilines is 1. The van der Waals surface area contributed by atoms with E-state index in [2.05, 4.69) is 26.5 Å². The van der Waals surface area contributed by atoms with Crippen LogP contribution in [0.1, 0.15) is 33.4 Å². The molecule has 0 fully saturated rings. The summed E-state index contributed by atoms with van der Waals surface area (Å²) in [5.41, 5.74) is 8.35. The van der Waals surface area contributed by atoms with Gasteiger partial charge in [-0.1, -0.05) is 53.6 Å². The largest absolute Gasteiger partial charge is 0.493 e. The van der Waals surface area contributed by atoms with Crippen molar-refractivity contribution in [1.29, 1.82) is 0 Å². The lowest BCUT2D eigenvalue weighted by molar-refractivity contribution is -0.119. The number of carbonyl (C=O) groups excluding carboxylic acids is 1. The number of sulfonamides is 1. The first-order valence-corrected chi connectivity index (χ1v) is 15.7. The van der Waals surface area contributed by atoms with E-state index in [1.165, 1.54) is 23.9 Å². The third-order valence-corrected chi connectivity index (χ3v) is 8.93. The summed E-state index contributed by atoms with van der Waals surface area (Å²) in [7, 11) is -2.50. The van der Waals surface area contributed by atoms with Crippen LogP contribution >= 0.6 is 15.9 Å². The quantitative estimate of drug-likeness (QED) is 0.144. The maximum atomic E-state index is 13.7. The second-order valence-corrected chi connectivity index (χ2v) is 13.0. The highest BCUT2D eigenvalue weighted by Gasteiger charge is 2.27. The zero-order valence-electron chi connectivity index (χ0n) is 24.7. The fourth-order valence-corrected chi connectivity index (χ4v) is 6.36. The molecule has 0 atom stereocenters. The molecule has 0 saturated heterocycles. The Bertz CT molecular complexity index is 1720. The third-order valence-electron chi connectivity index (χ3n) is 6.55. The lowest BCUT2D eigenvalue weighted by Crippen LogP contribution is -2.39. The van der Waals surface area contributed by atoms with Crippen LogP contribution in [0.25, 0.3) is 0 Å². The summed E-state index contributed by atoms with van der Waals surface area (Å²) in [6.45, 7) is 7.56. The van der Waals surface area contributed by atoms with E-state index >= 15 is 0 Å². The number of methoxy groups -OCH3 is 1. The molecule has 0 saturated carbocycles. The van der Waals surface area contributed by atoms with Gasteiger partial charge in [0.2, 0.25) is 0 Å². The Morgan fingerprint density at radius 1 is 0.884 bits per heavy atom. The van der Waals surface area contributed by atoms with Gasteiger partial charge in [0.05, 0.1) is 28.4 Å². The Labute approximate surface area is 261 Å². The molecule has 224 valence electrons. The predicted octanol–water partition coefficient (Wildman–Crippen LogP) is 6.62. The summed E-state index contributed by atoms with van der Waals surface area (Å²) in [6.07, 6.45) is 1.45. The van der Waals surface area contributed by atoms with Crippen molar-refractivity contribution in [2.75, 3.05) is 18.0 Å². The molecule has 1 N–H and O–H groups in total. The molecule has 0 spiro atoms. The number of nitrogens with zero attached hydrogens (tertiary/aromatic N) is 2. The van der Waals surface area contributed by atoms with Crippen LogP contribution in [0.2, 0.25) is 0 Å². The van der Waals surface area contributed by atoms with Crippen LogP contribution in [-0.4, -0.2) is 34.2 Å². The minimum atomic E-state index is -4.04. The summed E-state index contributed by atoms with van der Waals surface area (Å²) in [5.74, 6) is 0.421. The van der Waals surface area contributed by atoms with Crippen LogP contribution < -0.4 is 19.2 Å². The number of carbonyl (C=O) groups is 1. The first kappa shape index (κ1) is 31.8. The topological polar surface area (TPSA) is 97.3 Å². The van der Waals surface area contributed by atoms with Gasteiger partial charge in [-0.2, -0.15) is 5.10 Å². The van der Waals surface area contributed by atoms with E-state index in [-0.39, 0.29) is 4.90 Å². The van der Waals surface area contributed by atoms with E-state index in [4.69, 9.17) is 9.47 Å². The van der Waals surface area contributed by atoms with Crippen LogP contribution in [0.5, 0.6) is 11.5 Å². The molecule has 4 rings (SSSR count). The minimum Gasteiger partial charge on any atom is -0.493 e. The maximum Gasteiger partial charge on any atom is 0.264 e.